The van der Waals surface area contributed by atoms with Gasteiger partial charge in [0, 0.05) is 64.7 Å². The second kappa shape index (κ2) is 14.5. The van der Waals surface area contributed by atoms with Crippen molar-refractivity contribution < 1.29 is 24.5 Å². The molecule has 2 N–H and O–H groups in total. The van der Waals surface area contributed by atoms with Crippen molar-refractivity contribution in [2.24, 2.45) is 0 Å². The molecule has 5 rings (SSSR count). The number of aromatic nitrogens is 4. The van der Waals surface area contributed by atoms with E-state index in [4.69, 9.17) is 19.6 Å². The van der Waals surface area contributed by atoms with Crippen LogP contribution in [0.1, 0.15) is 56.8 Å². The lowest BCUT2D eigenvalue weighted by Gasteiger charge is -2.37. The van der Waals surface area contributed by atoms with Gasteiger partial charge in [-0.3, -0.25) is 4.98 Å². The lowest BCUT2D eigenvalue weighted by molar-refractivity contribution is 0.0738. The molecule has 0 aliphatic carbocycles. The molecule has 3 aromatic heterocycles. The van der Waals surface area contributed by atoms with Crippen molar-refractivity contribution >= 4 is 49.6 Å². The Morgan fingerprint density at radius 1 is 1.00 bits per heavy atom. The minimum atomic E-state index is -1.29. The number of hydrogen-bond acceptors (Lipinski definition) is 8. The number of halogens is 1. The smallest absolute Gasteiger partial charge is 0.407 e. The molecule has 14 heteroatoms. The summed E-state index contributed by atoms with van der Waals surface area (Å²) in [5.41, 5.74) is 2.77. The fourth-order valence-corrected chi connectivity index (χ4v) is 8.96. The Labute approximate surface area is 295 Å². The Morgan fingerprint density at radius 2 is 1.58 bits per heavy atom. The summed E-state index contributed by atoms with van der Waals surface area (Å²) in [4.78, 5) is 25.7. The number of ether oxygens (including phenoxy) is 2. The van der Waals surface area contributed by atoms with Crippen molar-refractivity contribution in [3.8, 4) is 11.1 Å². The number of piperidine rings is 1. The second-order valence-electron chi connectivity index (χ2n) is 16.4. The summed E-state index contributed by atoms with van der Waals surface area (Å²) in [7, 11) is -2.58. The number of pyridine rings is 1. The molecular formula is C34H53BrN6O5Si2. The molecule has 2 aliphatic rings. The fraction of sp³-hybridized carbons (Fsp3) is 0.647. The first-order chi connectivity index (χ1) is 22.4. The molecule has 3 aromatic rings. The average molecular weight is 762 g/mol. The molecule has 11 nitrogen and oxygen atoms in total. The van der Waals surface area contributed by atoms with E-state index < -0.39 is 27.8 Å². The summed E-state index contributed by atoms with van der Waals surface area (Å²) in [6, 6.07) is 5.86. The minimum absolute atomic E-state index is 0.0199. The molecule has 0 saturated carbocycles. The van der Waals surface area contributed by atoms with E-state index in [1.807, 2.05) is 22.8 Å². The number of rotatable bonds is 14. The van der Waals surface area contributed by atoms with Crippen LogP contribution in [0, 0.1) is 0 Å². The van der Waals surface area contributed by atoms with Crippen LogP contribution in [0.4, 0.5) is 10.6 Å². The molecule has 2 saturated heterocycles. The van der Waals surface area contributed by atoms with E-state index >= 15 is 0 Å². The Balaban J connectivity index is 1.58. The number of hydrogen-bond donors (Lipinski definition) is 2. The highest BCUT2D eigenvalue weighted by Gasteiger charge is 2.45. The molecule has 5 heterocycles. The number of aliphatic hydroxyl groups is 1. The molecule has 1 amide bonds. The normalized spacial score (nSPS) is 20.1. The zero-order chi connectivity index (χ0) is 35.0. The Hall–Kier alpha value is -2.37. The molecule has 0 spiro atoms. The third-order valence-electron chi connectivity index (χ3n) is 9.42. The summed E-state index contributed by atoms with van der Waals surface area (Å²) in [5, 5.41) is 25.3. The number of anilines is 1. The van der Waals surface area contributed by atoms with E-state index in [-0.39, 0.29) is 18.0 Å². The van der Waals surface area contributed by atoms with Gasteiger partial charge in [-0.2, -0.15) is 9.61 Å². The maximum atomic E-state index is 12.1. The van der Waals surface area contributed by atoms with E-state index in [0.29, 0.717) is 38.0 Å². The summed E-state index contributed by atoms with van der Waals surface area (Å²) < 4.78 is 15.4. The topological polar surface area (TPSA) is 126 Å². The van der Waals surface area contributed by atoms with Gasteiger partial charge >= 0.3 is 6.09 Å². The van der Waals surface area contributed by atoms with Crippen molar-refractivity contribution in [2.75, 3.05) is 31.6 Å². The third-order valence-corrected chi connectivity index (χ3v) is 13.6. The van der Waals surface area contributed by atoms with Gasteiger partial charge in [0.2, 0.25) is 0 Å². The van der Waals surface area contributed by atoms with Crippen molar-refractivity contribution in [3.63, 3.8) is 0 Å². The quantitative estimate of drug-likeness (QED) is 0.0971. The van der Waals surface area contributed by atoms with Gasteiger partial charge in [-0.1, -0.05) is 45.3 Å². The van der Waals surface area contributed by atoms with Crippen LogP contribution in [0.15, 0.2) is 29.0 Å². The van der Waals surface area contributed by atoms with Crippen LogP contribution in [-0.4, -0.2) is 95.7 Å². The maximum Gasteiger partial charge on any atom is 0.407 e. The first-order valence-corrected chi connectivity index (χ1v) is 25.3. The predicted octanol–water partition coefficient (Wildman–Crippen LogP) is 7.60. The van der Waals surface area contributed by atoms with Crippen LogP contribution in [0.3, 0.4) is 0 Å². The molecule has 48 heavy (non-hydrogen) atoms. The van der Waals surface area contributed by atoms with Crippen molar-refractivity contribution in [2.45, 2.75) is 115 Å². The van der Waals surface area contributed by atoms with Gasteiger partial charge in [-0.15, -0.1) is 0 Å². The zero-order valence-corrected chi connectivity index (χ0v) is 33.4. The third kappa shape index (κ3) is 8.67. The highest BCUT2D eigenvalue weighted by Crippen LogP contribution is 2.46. The van der Waals surface area contributed by atoms with Gasteiger partial charge in [0.25, 0.3) is 0 Å². The van der Waals surface area contributed by atoms with E-state index in [1.165, 1.54) is 0 Å². The average Bonchev–Trinajstić information content (AvgIpc) is 3.52. The predicted molar refractivity (Wildman–Crippen MR) is 198 cm³/mol. The number of amides is 1. The highest BCUT2D eigenvalue weighted by atomic mass is 79.9. The first-order valence-electron chi connectivity index (χ1n) is 17.1. The monoisotopic (exact) mass is 760 g/mol. The summed E-state index contributed by atoms with van der Waals surface area (Å²) in [6.07, 6.45) is 5.93. The van der Waals surface area contributed by atoms with E-state index in [2.05, 4.69) is 65.1 Å². The van der Waals surface area contributed by atoms with Crippen LogP contribution >= 0.6 is 15.9 Å². The summed E-state index contributed by atoms with van der Waals surface area (Å²) in [5.74, 6) is 0.869. The summed E-state index contributed by atoms with van der Waals surface area (Å²) in [6.45, 7) is 19.5. The van der Waals surface area contributed by atoms with Gasteiger partial charge < -0.3 is 29.5 Å². The molecule has 2 aliphatic heterocycles. The maximum absolute atomic E-state index is 12.1. The van der Waals surface area contributed by atoms with Crippen LogP contribution in [-0.2, 0) is 15.1 Å². The van der Waals surface area contributed by atoms with E-state index in [1.54, 1.807) is 24.9 Å². The molecule has 264 valence electrons. The number of carboxylic acid groups (broad SMARTS) is 1. The molecule has 2 fully saturated rings. The highest BCUT2D eigenvalue weighted by molar-refractivity contribution is 9.10. The Morgan fingerprint density at radius 3 is 2.06 bits per heavy atom. The largest absolute Gasteiger partial charge is 0.465 e. The van der Waals surface area contributed by atoms with Crippen LogP contribution in [0.25, 0.3) is 16.8 Å². The standard InChI is InChI=1S/C34H53BrN6O5Si2/c1-34(2,44)28-12-9-23(19-36-28)27-20-37-41-31(27)38-30(24-17-25-10-11-26(18-24)40(25)33(42)43)29(35)32(41)39(21-45-13-15-47(3,4)5)22-46-14-16-48(6,7)8/h9,12,19-20,24-26,44H,10-11,13-18,21-22H2,1-8H3,(H,42,43). The van der Waals surface area contributed by atoms with Crippen molar-refractivity contribution in [1.29, 1.82) is 0 Å². The molecule has 2 atom stereocenters. The SMILES string of the molecule is CC(C)(O)c1ccc(-c2cnn3c(N(COCC[Si](C)(C)C)COCC[Si](C)(C)C)c(Br)c(C4CC5CCC(C4)N5C(=O)O)nc23)cn1. The van der Waals surface area contributed by atoms with E-state index in [0.717, 1.165) is 64.9 Å². The van der Waals surface area contributed by atoms with Crippen LogP contribution in [0.5, 0.6) is 0 Å². The lowest BCUT2D eigenvalue weighted by atomic mass is 9.88. The number of nitrogens with zero attached hydrogens (tertiary/aromatic N) is 6. The number of carbonyl (C=O) groups is 1. The molecule has 0 aromatic carbocycles. The Kier molecular flexibility index (Phi) is 11.1. The van der Waals surface area contributed by atoms with Crippen LogP contribution in [0.2, 0.25) is 51.4 Å². The van der Waals surface area contributed by atoms with Crippen molar-refractivity contribution in [1.82, 2.24) is 24.5 Å². The minimum Gasteiger partial charge on any atom is -0.465 e. The van der Waals surface area contributed by atoms with E-state index in [9.17, 15) is 15.0 Å². The lowest BCUT2D eigenvalue weighted by Crippen LogP contribution is -2.45. The summed E-state index contributed by atoms with van der Waals surface area (Å²) >= 11 is 3.99. The molecule has 2 bridgehead atoms. The van der Waals surface area contributed by atoms with Gasteiger partial charge in [-0.05, 0) is 73.6 Å². The van der Waals surface area contributed by atoms with Crippen molar-refractivity contribution in [3.05, 3.63) is 40.4 Å². The fourth-order valence-electron chi connectivity index (χ4n) is 6.62. The zero-order valence-electron chi connectivity index (χ0n) is 29.8. The Bertz CT molecular complexity index is 1550. The molecular weight excluding hydrogens is 708 g/mol. The number of fused-ring (bicyclic) bond motifs is 3. The van der Waals surface area contributed by atoms with Gasteiger partial charge in [0.1, 0.15) is 19.1 Å². The van der Waals surface area contributed by atoms with Gasteiger partial charge in [0.15, 0.2) is 11.5 Å². The van der Waals surface area contributed by atoms with Gasteiger partial charge in [0.05, 0.1) is 22.1 Å². The second-order valence-corrected chi connectivity index (χ2v) is 28.4. The first kappa shape index (κ1) is 36.9. The van der Waals surface area contributed by atoms with Gasteiger partial charge in [-0.25, -0.2) is 9.78 Å². The molecule has 2 unspecified atom stereocenters. The van der Waals surface area contributed by atoms with Crippen LogP contribution < -0.4 is 4.90 Å². The molecule has 0 radical (unpaired) electrons.